The summed E-state index contributed by atoms with van der Waals surface area (Å²) in [6.07, 6.45) is 0. The molecule has 0 bridgehead atoms. The van der Waals surface area contributed by atoms with Crippen molar-refractivity contribution < 1.29 is 5.11 Å². The Balaban J connectivity index is 2.05. The summed E-state index contributed by atoms with van der Waals surface area (Å²) < 4.78 is 1.86. The van der Waals surface area contributed by atoms with Crippen molar-refractivity contribution in [3.63, 3.8) is 0 Å². The summed E-state index contributed by atoms with van der Waals surface area (Å²) in [6, 6.07) is 15.3. The van der Waals surface area contributed by atoms with Gasteiger partial charge in [-0.2, -0.15) is 5.26 Å². The van der Waals surface area contributed by atoms with Crippen LogP contribution in [-0.4, -0.2) is 14.9 Å². The van der Waals surface area contributed by atoms with E-state index in [0.29, 0.717) is 12.2 Å². The van der Waals surface area contributed by atoms with Crippen molar-refractivity contribution in [3.05, 3.63) is 53.7 Å². The van der Waals surface area contributed by atoms with Gasteiger partial charge in [0.2, 0.25) is 0 Å². The molecule has 88 valence electrons. The molecule has 0 fully saturated rings. The van der Waals surface area contributed by atoms with Gasteiger partial charge in [0.05, 0.1) is 12.2 Å². The molecule has 3 rings (SSSR count). The SMILES string of the molecule is N#Cc1[nH]n(Cc2ccccc2)c2cc(O)cc1-2. The van der Waals surface area contributed by atoms with Gasteiger partial charge in [0.15, 0.2) is 0 Å². The zero-order valence-corrected chi connectivity index (χ0v) is 9.59. The fourth-order valence-corrected chi connectivity index (χ4v) is 2.14. The zero-order chi connectivity index (χ0) is 12.5. The molecule has 0 atom stereocenters. The van der Waals surface area contributed by atoms with Crippen LogP contribution in [-0.2, 0) is 6.54 Å². The van der Waals surface area contributed by atoms with Gasteiger partial charge in [-0.05, 0) is 11.6 Å². The highest BCUT2D eigenvalue weighted by Gasteiger charge is 2.17. The number of hydrogen-bond donors (Lipinski definition) is 2. The lowest BCUT2D eigenvalue weighted by Gasteiger charge is -2.05. The van der Waals surface area contributed by atoms with E-state index in [4.69, 9.17) is 5.26 Å². The molecular weight excluding hydrogens is 226 g/mol. The molecule has 0 radical (unpaired) electrons. The standard InChI is InChI=1S/C14H11N3O/c15-8-13-12-6-11(18)7-14(12)17(16-13)9-10-4-2-1-3-5-10/h1-7,16,18H,9H2. The summed E-state index contributed by atoms with van der Waals surface area (Å²) in [5.41, 5.74) is 3.20. The Morgan fingerprint density at radius 2 is 2.00 bits per heavy atom. The third-order valence-electron chi connectivity index (χ3n) is 2.95. The molecule has 1 aromatic carbocycles. The number of nitrogens with zero attached hydrogens (tertiary/aromatic N) is 2. The quantitative estimate of drug-likeness (QED) is 0.719. The van der Waals surface area contributed by atoms with Gasteiger partial charge in [-0.15, -0.1) is 0 Å². The fraction of sp³-hybridized carbons (Fsp3) is 0.0714. The number of benzene rings is 1. The first kappa shape index (κ1) is 10.5. The lowest BCUT2D eigenvalue weighted by molar-refractivity contribution is 0.477. The van der Waals surface area contributed by atoms with Gasteiger partial charge in [0.25, 0.3) is 0 Å². The van der Waals surface area contributed by atoms with E-state index in [1.165, 1.54) is 0 Å². The lowest BCUT2D eigenvalue weighted by Crippen LogP contribution is -2.02. The first-order valence-corrected chi connectivity index (χ1v) is 5.63. The van der Waals surface area contributed by atoms with Crippen LogP contribution in [0.2, 0.25) is 0 Å². The Morgan fingerprint density at radius 1 is 1.22 bits per heavy atom. The molecule has 0 saturated heterocycles. The van der Waals surface area contributed by atoms with Crippen molar-refractivity contribution in [2.45, 2.75) is 6.54 Å². The highest BCUT2D eigenvalue weighted by Crippen LogP contribution is 2.33. The average Bonchev–Trinajstić information content (AvgIpc) is 2.90. The molecule has 0 saturated carbocycles. The number of aromatic nitrogens is 2. The lowest BCUT2D eigenvalue weighted by atomic mass is 10.2. The first-order chi connectivity index (χ1) is 8.78. The van der Waals surface area contributed by atoms with Crippen LogP contribution in [0.3, 0.4) is 0 Å². The summed E-state index contributed by atoms with van der Waals surface area (Å²) in [7, 11) is 0. The minimum absolute atomic E-state index is 0.187. The number of hydrogen-bond acceptors (Lipinski definition) is 2. The molecule has 0 unspecified atom stereocenters. The van der Waals surface area contributed by atoms with Crippen molar-refractivity contribution >= 4 is 0 Å². The van der Waals surface area contributed by atoms with Crippen molar-refractivity contribution in [1.82, 2.24) is 9.78 Å². The molecule has 1 aromatic rings. The predicted molar refractivity (Wildman–Crippen MR) is 67.3 cm³/mol. The minimum Gasteiger partial charge on any atom is -0.508 e. The largest absolute Gasteiger partial charge is 0.508 e. The molecule has 0 spiro atoms. The normalized spacial score (nSPS) is 10.6. The number of nitrogens with one attached hydrogen (secondary N) is 1. The average molecular weight is 237 g/mol. The van der Waals surface area contributed by atoms with Crippen LogP contribution in [0.15, 0.2) is 42.5 Å². The summed E-state index contributed by atoms with van der Waals surface area (Å²) in [4.78, 5) is 0. The van der Waals surface area contributed by atoms with E-state index in [2.05, 4.69) is 11.2 Å². The van der Waals surface area contributed by atoms with Crippen molar-refractivity contribution in [2.24, 2.45) is 0 Å². The van der Waals surface area contributed by atoms with Crippen LogP contribution < -0.4 is 0 Å². The number of H-pyrrole nitrogens is 1. The maximum absolute atomic E-state index is 9.52. The summed E-state index contributed by atoms with van der Waals surface area (Å²) >= 11 is 0. The van der Waals surface area contributed by atoms with Gasteiger partial charge in [-0.3, -0.25) is 9.78 Å². The third-order valence-corrected chi connectivity index (χ3v) is 2.95. The Hall–Kier alpha value is -2.67. The molecule has 1 heterocycles. The zero-order valence-electron chi connectivity index (χ0n) is 9.59. The first-order valence-electron chi connectivity index (χ1n) is 5.63. The van der Waals surface area contributed by atoms with E-state index in [9.17, 15) is 5.11 Å². The molecule has 2 N–H and O–H groups in total. The van der Waals surface area contributed by atoms with Crippen molar-refractivity contribution in [2.75, 3.05) is 0 Å². The molecular formula is C14H11N3O. The molecule has 0 aromatic heterocycles. The maximum atomic E-state index is 9.52. The monoisotopic (exact) mass is 237 g/mol. The number of nitriles is 1. The molecule has 4 heteroatoms. The van der Waals surface area contributed by atoms with Crippen LogP contribution in [0.4, 0.5) is 0 Å². The van der Waals surface area contributed by atoms with Crippen molar-refractivity contribution in [1.29, 1.82) is 5.26 Å². The Morgan fingerprint density at radius 3 is 2.72 bits per heavy atom. The van der Waals surface area contributed by atoms with Gasteiger partial charge in [0, 0.05) is 11.6 Å². The second-order valence-corrected chi connectivity index (χ2v) is 4.18. The van der Waals surface area contributed by atoms with E-state index >= 15 is 0 Å². The van der Waals surface area contributed by atoms with Crippen LogP contribution in [0.1, 0.15) is 11.3 Å². The minimum atomic E-state index is 0.187. The smallest absolute Gasteiger partial charge is 0.141 e. The molecule has 2 aliphatic rings. The van der Waals surface area contributed by atoms with E-state index in [1.54, 1.807) is 12.1 Å². The topological polar surface area (TPSA) is 64.7 Å². The second-order valence-electron chi connectivity index (χ2n) is 4.18. The van der Waals surface area contributed by atoms with Gasteiger partial charge in [-0.25, -0.2) is 0 Å². The Labute approximate surface area is 104 Å². The highest BCUT2D eigenvalue weighted by molar-refractivity contribution is 5.72. The Bertz CT molecular complexity index is 688. The van der Waals surface area contributed by atoms with E-state index in [1.807, 2.05) is 35.0 Å². The van der Waals surface area contributed by atoms with Crippen LogP contribution >= 0.6 is 0 Å². The Kier molecular flexibility index (Phi) is 2.31. The van der Waals surface area contributed by atoms with Gasteiger partial charge >= 0.3 is 0 Å². The summed E-state index contributed by atoms with van der Waals surface area (Å²) in [5, 5.41) is 21.6. The number of rotatable bonds is 2. The van der Waals surface area contributed by atoms with E-state index < -0.39 is 0 Å². The number of aromatic amines is 1. The van der Waals surface area contributed by atoms with Crippen molar-refractivity contribution in [3.8, 4) is 23.1 Å². The van der Waals surface area contributed by atoms with Crippen LogP contribution in [0.5, 0.6) is 5.75 Å². The van der Waals surface area contributed by atoms with Gasteiger partial charge in [0.1, 0.15) is 17.5 Å². The molecule has 1 aliphatic carbocycles. The highest BCUT2D eigenvalue weighted by atomic mass is 16.3. The fourth-order valence-electron chi connectivity index (χ4n) is 2.14. The molecule has 4 nitrogen and oxygen atoms in total. The summed E-state index contributed by atoms with van der Waals surface area (Å²) in [6.45, 7) is 0.641. The maximum Gasteiger partial charge on any atom is 0.141 e. The van der Waals surface area contributed by atoms with E-state index in [0.717, 1.165) is 16.8 Å². The van der Waals surface area contributed by atoms with Crippen LogP contribution in [0, 0.1) is 11.3 Å². The van der Waals surface area contributed by atoms with Gasteiger partial charge < -0.3 is 5.11 Å². The van der Waals surface area contributed by atoms with Gasteiger partial charge in [-0.1, -0.05) is 30.3 Å². The molecule has 1 aliphatic heterocycles. The van der Waals surface area contributed by atoms with E-state index in [-0.39, 0.29) is 5.75 Å². The summed E-state index contributed by atoms with van der Waals surface area (Å²) in [5.74, 6) is 0.187. The predicted octanol–water partition coefficient (Wildman–Crippen LogP) is 2.55. The number of aromatic hydroxyl groups is 1. The number of fused-ring (bicyclic) bond motifs is 1. The molecule has 18 heavy (non-hydrogen) atoms. The molecule has 0 amide bonds. The second kappa shape index (κ2) is 3.97. The van der Waals surface area contributed by atoms with Crippen LogP contribution in [0.25, 0.3) is 11.3 Å². The third kappa shape index (κ3) is 1.62.